The molecule has 3 aromatic carbocycles. The normalized spacial score (nSPS) is 10.9. The van der Waals surface area contributed by atoms with E-state index in [-0.39, 0.29) is 0 Å². The van der Waals surface area contributed by atoms with Crippen LogP contribution >= 0.6 is 22.6 Å². The highest BCUT2D eigenvalue weighted by Crippen LogP contribution is 2.42. The van der Waals surface area contributed by atoms with Gasteiger partial charge in [0, 0.05) is 26.5 Å². The number of benzene rings is 3. The van der Waals surface area contributed by atoms with Crippen molar-refractivity contribution >= 4 is 34.7 Å². The Balaban J connectivity index is 1.90. The van der Waals surface area contributed by atoms with E-state index in [1.165, 1.54) is 0 Å². The van der Waals surface area contributed by atoms with Crippen LogP contribution in [-0.4, -0.2) is 6.21 Å². The van der Waals surface area contributed by atoms with Crippen molar-refractivity contribution in [3.8, 4) is 28.5 Å². The zero-order valence-electron chi connectivity index (χ0n) is 14.8. The fourth-order valence-corrected chi connectivity index (χ4v) is 3.52. The molecule has 0 saturated heterocycles. The first-order valence-corrected chi connectivity index (χ1v) is 9.82. The lowest BCUT2D eigenvalue weighted by atomic mass is 9.98. The summed E-state index contributed by atoms with van der Waals surface area (Å²) in [5, 5.41) is 9.89. The number of rotatable bonds is 4. The molecule has 0 aliphatic rings. The minimum atomic E-state index is 0.319. The van der Waals surface area contributed by atoms with Gasteiger partial charge in [0.1, 0.15) is 17.4 Å². The minimum Gasteiger partial charge on any atom is -0.436 e. The van der Waals surface area contributed by atoms with Crippen molar-refractivity contribution in [2.45, 2.75) is 0 Å². The summed E-state index contributed by atoms with van der Waals surface area (Å²) in [4.78, 5) is 4.52. The lowest BCUT2D eigenvalue weighted by Crippen LogP contribution is -1.85. The predicted octanol–water partition coefficient (Wildman–Crippen LogP) is 6.84. The molecular formula is C24H15IN2O. The Bertz CT molecular complexity index is 1170. The van der Waals surface area contributed by atoms with Crippen LogP contribution in [0.3, 0.4) is 0 Å². The van der Waals surface area contributed by atoms with Gasteiger partial charge in [0.25, 0.3) is 0 Å². The Hall–Kier alpha value is -3.17. The molecule has 4 aromatic rings. The Morgan fingerprint density at radius 1 is 0.821 bits per heavy atom. The van der Waals surface area contributed by atoms with Gasteiger partial charge in [-0.25, -0.2) is 4.99 Å². The summed E-state index contributed by atoms with van der Waals surface area (Å²) in [5.41, 5.74) is 4.02. The van der Waals surface area contributed by atoms with E-state index in [0.29, 0.717) is 17.2 Å². The summed E-state index contributed by atoms with van der Waals surface area (Å²) in [7, 11) is 0. The largest absolute Gasteiger partial charge is 0.436 e. The lowest BCUT2D eigenvalue weighted by Gasteiger charge is -2.03. The van der Waals surface area contributed by atoms with Crippen LogP contribution in [0.15, 0.2) is 94.3 Å². The molecule has 1 aromatic heterocycles. The minimum absolute atomic E-state index is 0.319. The van der Waals surface area contributed by atoms with Gasteiger partial charge in [-0.1, -0.05) is 78.9 Å². The van der Waals surface area contributed by atoms with Crippen LogP contribution in [0.2, 0.25) is 0 Å². The number of hydrogen-bond acceptors (Lipinski definition) is 3. The summed E-state index contributed by atoms with van der Waals surface area (Å²) in [6.45, 7) is 0. The maximum absolute atomic E-state index is 9.89. The highest BCUT2D eigenvalue weighted by molar-refractivity contribution is 14.1. The molecule has 0 fully saturated rings. The highest BCUT2D eigenvalue weighted by atomic mass is 127. The predicted molar refractivity (Wildman–Crippen MR) is 121 cm³/mol. The van der Waals surface area contributed by atoms with Crippen molar-refractivity contribution in [1.82, 2.24) is 0 Å². The molecule has 3 nitrogen and oxygen atoms in total. The molecule has 0 atom stereocenters. The van der Waals surface area contributed by atoms with E-state index in [4.69, 9.17) is 4.42 Å². The van der Waals surface area contributed by atoms with Crippen LogP contribution in [0.5, 0.6) is 0 Å². The highest BCUT2D eigenvalue weighted by Gasteiger charge is 2.22. The van der Waals surface area contributed by atoms with Gasteiger partial charge in [0.2, 0.25) is 5.88 Å². The van der Waals surface area contributed by atoms with Gasteiger partial charge in [-0.3, -0.25) is 0 Å². The molecule has 0 aliphatic carbocycles. The summed E-state index contributed by atoms with van der Waals surface area (Å²) in [6.07, 6.45) is 1.74. The van der Waals surface area contributed by atoms with Crippen molar-refractivity contribution in [3.05, 3.63) is 99.6 Å². The SMILES string of the molecule is N#Cc1c(N=Cc2ccccc2I)oc(-c2ccccc2)c1-c1ccccc1. The van der Waals surface area contributed by atoms with Crippen LogP contribution in [-0.2, 0) is 0 Å². The molecule has 0 aliphatic heterocycles. The van der Waals surface area contributed by atoms with Gasteiger partial charge >= 0.3 is 0 Å². The first-order chi connectivity index (χ1) is 13.8. The Morgan fingerprint density at radius 2 is 1.43 bits per heavy atom. The van der Waals surface area contributed by atoms with Crippen molar-refractivity contribution in [1.29, 1.82) is 5.26 Å². The number of furan rings is 1. The zero-order valence-corrected chi connectivity index (χ0v) is 17.0. The molecule has 1 heterocycles. The van der Waals surface area contributed by atoms with Gasteiger partial charge in [-0.15, -0.1) is 0 Å². The molecule has 0 unspecified atom stereocenters. The fraction of sp³-hybridized carbons (Fsp3) is 0. The van der Waals surface area contributed by atoms with Crippen molar-refractivity contribution in [2.75, 3.05) is 0 Å². The second kappa shape index (κ2) is 8.24. The third-order valence-electron chi connectivity index (χ3n) is 4.33. The van der Waals surface area contributed by atoms with E-state index in [2.05, 4.69) is 33.7 Å². The van der Waals surface area contributed by atoms with Gasteiger partial charge in [0.05, 0.1) is 0 Å². The standard InChI is InChI=1S/C24H15IN2O/c25-21-14-8-7-13-19(21)16-27-24-20(15-26)22(17-9-3-1-4-10-17)23(28-24)18-11-5-2-6-12-18/h1-14,16H. The monoisotopic (exact) mass is 474 g/mol. The van der Waals surface area contributed by atoms with Crippen LogP contribution in [0.1, 0.15) is 11.1 Å². The molecule has 134 valence electrons. The van der Waals surface area contributed by atoms with E-state index in [1.54, 1.807) is 6.21 Å². The quantitative estimate of drug-likeness (QED) is 0.240. The summed E-state index contributed by atoms with van der Waals surface area (Å²) < 4.78 is 7.20. The number of nitriles is 1. The summed E-state index contributed by atoms with van der Waals surface area (Å²) >= 11 is 2.26. The molecule has 28 heavy (non-hydrogen) atoms. The van der Waals surface area contributed by atoms with Crippen molar-refractivity contribution in [3.63, 3.8) is 0 Å². The fourth-order valence-electron chi connectivity index (χ4n) is 2.99. The number of nitrogens with zero attached hydrogens (tertiary/aromatic N) is 2. The maximum atomic E-state index is 9.89. The van der Waals surface area contributed by atoms with E-state index >= 15 is 0 Å². The second-order valence-corrected chi connectivity index (χ2v) is 7.27. The van der Waals surface area contributed by atoms with Gasteiger partial charge < -0.3 is 4.42 Å². The van der Waals surface area contributed by atoms with Crippen LogP contribution in [0, 0.1) is 14.9 Å². The molecular weight excluding hydrogens is 459 g/mol. The Labute approximate surface area is 177 Å². The average molecular weight is 474 g/mol. The number of halogens is 1. The van der Waals surface area contributed by atoms with Crippen LogP contribution in [0.4, 0.5) is 5.88 Å². The molecule has 0 N–H and O–H groups in total. The summed E-state index contributed by atoms with van der Waals surface area (Å²) in [5.74, 6) is 0.970. The van der Waals surface area contributed by atoms with Crippen LogP contribution in [0.25, 0.3) is 22.5 Å². The van der Waals surface area contributed by atoms with Crippen molar-refractivity contribution < 1.29 is 4.42 Å². The average Bonchev–Trinajstić information content (AvgIpc) is 3.13. The smallest absolute Gasteiger partial charge is 0.238 e. The van der Waals surface area contributed by atoms with Gasteiger partial charge in [-0.2, -0.15) is 5.26 Å². The van der Waals surface area contributed by atoms with Gasteiger partial charge in [-0.05, 0) is 34.2 Å². The molecule has 0 amide bonds. The van der Waals surface area contributed by atoms with E-state index in [0.717, 1.165) is 25.8 Å². The molecule has 4 rings (SSSR count). The van der Waals surface area contributed by atoms with E-state index in [1.807, 2.05) is 84.9 Å². The first-order valence-electron chi connectivity index (χ1n) is 8.74. The van der Waals surface area contributed by atoms with Gasteiger partial charge in [0.15, 0.2) is 0 Å². The zero-order chi connectivity index (χ0) is 19.3. The summed E-state index contributed by atoms with van der Waals surface area (Å²) in [6, 6.07) is 29.8. The van der Waals surface area contributed by atoms with E-state index in [9.17, 15) is 5.26 Å². The lowest BCUT2D eigenvalue weighted by molar-refractivity contribution is 0.593. The third kappa shape index (κ3) is 3.62. The first kappa shape index (κ1) is 18.2. The molecule has 0 spiro atoms. The molecule has 0 bridgehead atoms. The topological polar surface area (TPSA) is 49.3 Å². The Kier molecular flexibility index (Phi) is 5.36. The van der Waals surface area contributed by atoms with E-state index < -0.39 is 0 Å². The molecule has 0 radical (unpaired) electrons. The number of aliphatic imine (C=N–C) groups is 1. The number of hydrogen-bond donors (Lipinski definition) is 0. The van der Waals surface area contributed by atoms with Crippen molar-refractivity contribution in [2.24, 2.45) is 4.99 Å². The Morgan fingerprint density at radius 3 is 2.07 bits per heavy atom. The third-order valence-corrected chi connectivity index (χ3v) is 5.31. The van der Waals surface area contributed by atoms with Crippen LogP contribution < -0.4 is 0 Å². The molecule has 4 heteroatoms. The second-order valence-electron chi connectivity index (χ2n) is 6.11. The molecule has 0 saturated carbocycles. The maximum Gasteiger partial charge on any atom is 0.238 e.